The molecule has 1 amide bonds. The van der Waals surface area contributed by atoms with Gasteiger partial charge in [0.25, 0.3) is 0 Å². The predicted octanol–water partition coefficient (Wildman–Crippen LogP) is 3.32. The second-order valence-electron chi connectivity index (χ2n) is 6.88. The van der Waals surface area contributed by atoms with Crippen LogP contribution in [0, 0.1) is 5.41 Å². The number of benzene rings is 1. The number of likely N-dealkylation sites (tertiary alicyclic amines) is 1. The van der Waals surface area contributed by atoms with Crippen molar-refractivity contribution in [3.8, 4) is 0 Å². The van der Waals surface area contributed by atoms with Gasteiger partial charge in [0.2, 0.25) is 5.91 Å². The van der Waals surface area contributed by atoms with Crippen LogP contribution in [-0.2, 0) is 10.3 Å². The second kappa shape index (κ2) is 6.80. The third-order valence-corrected chi connectivity index (χ3v) is 4.45. The van der Waals surface area contributed by atoms with Gasteiger partial charge in [-0.2, -0.15) is 0 Å². The van der Waals surface area contributed by atoms with Gasteiger partial charge in [-0.05, 0) is 37.2 Å². The Morgan fingerprint density at radius 2 is 1.81 bits per heavy atom. The van der Waals surface area contributed by atoms with Crippen molar-refractivity contribution in [3.63, 3.8) is 0 Å². The zero-order valence-electron chi connectivity index (χ0n) is 13.3. The molecule has 4 heteroatoms. The third-order valence-electron chi connectivity index (χ3n) is 4.45. The maximum Gasteiger partial charge on any atom is 0.246 e. The van der Waals surface area contributed by atoms with Crippen molar-refractivity contribution in [1.82, 2.24) is 4.90 Å². The van der Waals surface area contributed by atoms with Gasteiger partial charge in [-0.15, -0.1) is 12.4 Å². The summed E-state index contributed by atoms with van der Waals surface area (Å²) in [7, 11) is 0. The molecule has 2 rings (SSSR count). The molecule has 3 nitrogen and oxygen atoms in total. The van der Waals surface area contributed by atoms with Gasteiger partial charge in [-0.3, -0.25) is 4.79 Å². The number of carbonyl (C=O) groups excluding carboxylic acids is 1. The quantitative estimate of drug-likeness (QED) is 0.911. The molecular formula is C17H27ClN2O. The number of nitrogens with zero attached hydrogens (tertiary/aromatic N) is 1. The van der Waals surface area contributed by atoms with Gasteiger partial charge >= 0.3 is 0 Å². The Bertz CT molecular complexity index is 471. The summed E-state index contributed by atoms with van der Waals surface area (Å²) in [5.74, 6) is 0.0430. The predicted molar refractivity (Wildman–Crippen MR) is 89.4 cm³/mol. The summed E-state index contributed by atoms with van der Waals surface area (Å²) in [5.41, 5.74) is 6.61. The van der Waals surface area contributed by atoms with Gasteiger partial charge in [0, 0.05) is 13.1 Å². The molecule has 1 saturated heterocycles. The van der Waals surface area contributed by atoms with Crippen LogP contribution < -0.4 is 5.73 Å². The van der Waals surface area contributed by atoms with E-state index < -0.39 is 5.54 Å². The summed E-state index contributed by atoms with van der Waals surface area (Å²) in [5, 5.41) is 0. The molecule has 0 spiro atoms. The first kappa shape index (κ1) is 18.0. The molecule has 1 atom stereocenters. The molecule has 1 fully saturated rings. The fourth-order valence-corrected chi connectivity index (χ4v) is 2.86. The van der Waals surface area contributed by atoms with Crippen molar-refractivity contribution in [2.75, 3.05) is 13.1 Å². The molecule has 2 N–H and O–H groups in total. The molecule has 0 bridgehead atoms. The maximum absolute atomic E-state index is 12.8. The average Bonchev–Trinajstić information content (AvgIpc) is 2.60. The van der Waals surface area contributed by atoms with Crippen LogP contribution in [0.5, 0.6) is 0 Å². The number of nitrogens with two attached hydrogens (primary N) is 1. The van der Waals surface area contributed by atoms with Gasteiger partial charge in [-0.25, -0.2) is 0 Å². The van der Waals surface area contributed by atoms with Crippen LogP contribution in [0.1, 0.15) is 45.6 Å². The van der Waals surface area contributed by atoms with E-state index in [9.17, 15) is 4.79 Å². The average molecular weight is 311 g/mol. The minimum atomic E-state index is -0.935. The maximum atomic E-state index is 12.8. The van der Waals surface area contributed by atoms with Crippen LogP contribution in [0.2, 0.25) is 0 Å². The molecule has 21 heavy (non-hydrogen) atoms. The summed E-state index contributed by atoms with van der Waals surface area (Å²) >= 11 is 0. The van der Waals surface area contributed by atoms with Crippen LogP contribution >= 0.6 is 12.4 Å². The lowest BCUT2D eigenvalue weighted by atomic mass is 9.85. The summed E-state index contributed by atoms with van der Waals surface area (Å²) in [4.78, 5) is 14.7. The first-order chi connectivity index (χ1) is 9.33. The standard InChI is InChI=1S/C17H26N2O.ClH/c1-16(2)10-7-12-19(13-11-16)15(20)17(3,18)14-8-5-4-6-9-14;/h4-6,8-9H,7,10-13,18H2,1-3H3;1H. The number of hydrogen-bond donors (Lipinski definition) is 1. The largest absolute Gasteiger partial charge is 0.341 e. The van der Waals surface area contributed by atoms with E-state index in [1.165, 1.54) is 6.42 Å². The van der Waals surface area contributed by atoms with Crippen LogP contribution in [0.15, 0.2) is 30.3 Å². The van der Waals surface area contributed by atoms with Gasteiger partial charge in [0.05, 0.1) is 0 Å². The molecule has 0 aliphatic carbocycles. The molecule has 1 aromatic rings. The summed E-state index contributed by atoms with van der Waals surface area (Å²) in [6, 6.07) is 9.66. The van der Waals surface area contributed by atoms with Gasteiger partial charge in [0.15, 0.2) is 0 Å². The van der Waals surface area contributed by atoms with E-state index in [2.05, 4.69) is 13.8 Å². The number of amides is 1. The lowest BCUT2D eigenvalue weighted by Crippen LogP contribution is -2.51. The number of halogens is 1. The van der Waals surface area contributed by atoms with E-state index in [0.29, 0.717) is 5.41 Å². The highest BCUT2D eigenvalue weighted by molar-refractivity contribution is 5.87. The van der Waals surface area contributed by atoms with E-state index in [-0.39, 0.29) is 18.3 Å². The van der Waals surface area contributed by atoms with Crippen LogP contribution in [0.3, 0.4) is 0 Å². The molecule has 1 aromatic carbocycles. The van der Waals surface area contributed by atoms with E-state index >= 15 is 0 Å². The second-order valence-corrected chi connectivity index (χ2v) is 6.88. The molecule has 0 aromatic heterocycles. The first-order valence-corrected chi connectivity index (χ1v) is 7.47. The zero-order valence-corrected chi connectivity index (χ0v) is 14.1. The Morgan fingerprint density at radius 1 is 1.19 bits per heavy atom. The first-order valence-electron chi connectivity index (χ1n) is 7.47. The number of carbonyl (C=O) groups is 1. The van der Waals surface area contributed by atoms with E-state index in [0.717, 1.165) is 31.5 Å². The van der Waals surface area contributed by atoms with E-state index in [4.69, 9.17) is 5.73 Å². The van der Waals surface area contributed by atoms with E-state index in [1.807, 2.05) is 42.2 Å². The molecular weight excluding hydrogens is 284 g/mol. The van der Waals surface area contributed by atoms with Crippen molar-refractivity contribution in [3.05, 3.63) is 35.9 Å². The number of hydrogen-bond acceptors (Lipinski definition) is 2. The molecule has 1 unspecified atom stereocenters. The minimum absolute atomic E-state index is 0. The highest BCUT2D eigenvalue weighted by atomic mass is 35.5. The van der Waals surface area contributed by atoms with Crippen LogP contribution in [-0.4, -0.2) is 23.9 Å². The SMILES string of the molecule is CC1(C)CCCN(C(=O)C(C)(N)c2ccccc2)CC1.Cl. The molecule has 1 aliphatic rings. The molecule has 0 radical (unpaired) electrons. The van der Waals surface area contributed by atoms with Crippen LogP contribution in [0.25, 0.3) is 0 Å². The summed E-state index contributed by atoms with van der Waals surface area (Å²) in [6.45, 7) is 8.01. The van der Waals surface area contributed by atoms with Crippen molar-refractivity contribution in [1.29, 1.82) is 0 Å². The lowest BCUT2D eigenvalue weighted by Gasteiger charge is -2.32. The smallest absolute Gasteiger partial charge is 0.246 e. The summed E-state index contributed by atoms with van der Waals surface area (Å²) < 4.78 is 0. The normalized spacial score (nSPS) is 20.9. The minimum Gasteiger partial charge on any atom is -0.341 e. The van der Waals surface area contributed by atoms with Crippen molar-refractivity contribution >= 4 is 18.3 Å². The molecule has 1 heterocycles. The molecule has 1 aliphatic heterocycles. The van der Waals surface area contributed by atoms with Gasteiger partial charge in [0.1, 0.15) is 5.54 Å². The molecule has 118 valence electrons. The Kier molecular flexibility index (Phi) is 5.83. The van der Waals surface area contributed by atoms with E-state index in [1.54, 1.807) is 0 Å². The third kappa shape index (κ3) is 4.21. The number of rotatable bonds is 2. The van der Waals surface area contributed by atoms with Gasteiger partial charge < -0.3 is 10.6 Å². The van der Waals surface area contributed by atoms with Crippen molar-refractivity contribution in [2.45, 2.75) is 45.6 Å². The van der Waals surface area contributed by atoms with Crippen molar-refractivity contribution < 1.29 is 4.79 Å². The molecule has 0 saturated carbocycles. The fraction of sp³-hybridized carbons (Fsp3) is 0.588. The lowest BCUT2D eigenvalue weighted by molar-refractivity contribution is -0.136. The topological polar surface area (TPSA) is 46.3 Å². The highest BCUT2D eigenvalue weighted by Gasteiger charge is 2.36. The zero-order chi connectivity index (χ0) is 14.8. The highest BCUT2D eigenvalue weighted by Crippen LogP contribution is 2.31. The monoisotopic (exact) mass is 310 g/mol. The van der Waals surface area contributed by atoms with Crippen molar-refractivity contribution in [2.24, 2.45) is 11.1 Å². The fourth-order valence-electron chi connectivity index (χ4n) is 2.86. The Morgan fingerprint density at radius 3 is 2.43 bits per heavy atom. The Balaban J connectivity index is 0.00000220. The summed E-state index contributed by atoms with van der Waals surface area (Å²) in [6.07, 6.45) is 3.27. The van der Waals surface area contributed by atoms with Gasteiger partial charge in [-0.1, -0.05) is 44.2 Å². The van der Waals surface area contributed by atoms with Crippen LogP contribution in [0.4, 0.5) is 0 Å². The Labute approximate surface area is 134 Å². The Hall–Kier alpha value is -1.06.